The minimum atomic E-state index is -1.12. The summed E-state index contributed by atoms with van der Waals surface area (Å²) in [6, 6.07) is 22.5. The Morgan fingerprint density at radius 1 is 0.871 bits per heavy atom. The number of carbonyl (C=O) groups is 3. The number of nitrogens with one attached hydrogen (secondary N) is 1. The van der Waals surface area contributed by atoms with Crippen LogP contribution in [0.5, 0.6) is 0 Å². The predicted octanol–water partition coefficient (Wildman–Crippen LogP) is 5.53. The van der Waals surface area contributed by atoms with E-state index in [1.165, 1.54) is 0 Å². The molecule has 0 aliphatic heterocycles. The number of anilines is 1. The zero-order valence-corrected chi connectivity index (χ0v) is 17.8. The van der Waals surface area contributed by atoms with Crippen LogP contribution >= 0.6 is 11.6 Å². The molecule has 158 valence electrons. The van der Waals surface area contributed by atoms with Crippen LogP contribution in [0.4, 0.5) is 5.69 Å². The Morgan fingerprint density at radius 2 is 1.52 bits per heavy atom. The van der Waals surface area contributed by atoms with Crippen LogP contribution in [0.3, 0.4) is 0 Å². The number of Topliss-reactive ketones (excluding diaryl/α,β-unsaturated/α-hetero) is 1. The lowest BCUT2D eigenvalue weighted by Gasteiger charge is -2.18. The van der Waals surface area contributed by atoms with Crippen molar-refractivity contribution < 1.29 is 19.1 Å². The van der Waals surface area contributed by atoms with Crippen LogP contribution in [0.1, 0.15) is 40.4 Å². The summed E-state index contributed by atoms with van der Waals surface area (Å²) in [5.41, 5.74) is 2.55. The summed E-state index contributed by atoms with van der Waals surface area (Å²) in [7, 11) is 0. The predicted molar refractivity (Wildman–Crippen MR) is 120 cm³/mol. The van der Waals surface area contributed by atoms with Crippen molar-refractivity contribution in [3.63, 3.8) is 0 Å². The fourth-order valence-electron chi connectivity index (χ4n) is 3.00. The lowest BCUT2D eigenvalue weighted by Crippen LogP contribution is -2.21. The van der Waals surface area contributed by atoms with Crippen molar-refractivity contribution in [2.75, 3.05) is 5.32 Å². The molecule has 5 nitrogen and oxygen atoms in total. The molecule has 0 aliphatic carbocycles. The number of esters is 1. The van der Waals surface area contributed by atoms with Gasteiger partial charge in [0.15, 0.2) is 6.10 Å². The van der Waals surface area contributed by atoms with Crippen molar-refractivity contribution in [2.45, 2.75) is 25.9 Å². The summed E-state index contributed by atoms with van der Waals surface area (Å²) in [6.45, 7) is 1.88. The average molecular weight is 436 g/mol. The lowest BCUT2D eigenvalue weighted by atomic mass is 10.00. The third-order valence-electron chi connectivity index (χ3n) is 4.69. The molecule has 0 saturated carbocycles. The average Bonchev–Trinajstić information content (AvgIpc) is 2.78. The van der Waals surface area contributed by atoms with Crippen molar-refractivity contribution in [3.8, 4) is 0 Å². The van der Waals surface area contributed by atoms with E-state index >= 15 is 0 Å². The molecule has 0 aromatic heterocycles. The maximum absolute atomic E-state index is 13.0. The van der Waals surface area contributed by atoms with E-state index < -0.39 is 12.1 Å². The number of aryl methyl sites for hydroxylation is 1. The van der Waals surface area contributed by atoms with E-state index in [4.69, 9.17) is 16.3 Å². The normalized spacial score (nSPS) is 11.4. The molecular weight excluding hydrogens is 414 g/mol. The molecule has 0 unspecified atom stereocenters. The first kappa shape index (κ1) is 22.2. The number of ketones is 1. The molecule has 3 aromatic rings. The molecule has 6 heteroatoms. The lowest BCUT2D eigenvalue weighted by molar-refractivity contribution is -0.148. The molecule has 0 fully saturated rings. The monoisotopic (exact) mass is 435 g/mol. The molecule has 31 heavy (non-hydrogen) atoms. The van der Waals surface area contributed by atoms with Gasteiger partial charge in [0, 0.05) is 28.3 Å². The van der Waals surface area contributed by atoms with Gasteiger partial charge in [-0.15, -0.1) is 0 Å². The molecular formula is C25H22ClNO4. The standard InChI is InChI=1S/C25H22ClNO4/c1-17-7-5-6-10-21(17)27-22(28)15-16-23(29)31-25(19-11-13-20(26)14-12-19)24(30)18-8-3-2-4-9-18/h2-14,25H,15-16H2,1H3,(H,27,28)/t25-/m1/s1. The first-order chi connectivity index (χ1) is 14.9. The molecule has 3 aromatic carbocycles. The largest absolute Gasteiger partial charge is 0.449 e. The second-order valence-corrected chi connectivity index (χ2v) is 7.45. The van der Waals surface area contributed by atoms with Gasteiger partial charge in [-0.1, -0.05) is 72.3 Å². The molecule has 1 amide bonds. The smallest absolute Gasteiger partial charge is 0.307 e. The van der Waals surface area contributed by atoms with Crippen molar-refractivity contribution in [3.05, 3.63) is 101 Å². The minimum Gasteiger partial charge on any atom is -0.449 e. The number of halogens is 1. The van der Waals surface area contributed by atoms with Crippen LogP contribution in [-0.2, 0) is 14.3 Å². The van der Waals surface area contributed by atoms with Gasteiger partial charge >= 0.3 is 5.97 Å². The number of hydrogen-bond donors (Lipinski definition) is 1. The van der Waals surface area contributed by atoms with Crippen LogP contribution in [-0.4, -0.2) is 17.7 Å². The van der Waals surface area contributed by atoms with E-state index in [1.807, 2.05) is 25.1 Å². The number of carbonyl (C=O) groups excluding carboxylic acids is 3. The van der Waals surface area contributed by atoms with E-state index in [2.05, 4.69) is 5.32 Å². The van der Waals surface area contributed by atoms with E-state index in [-0.39, 0.29) is 24.5 Å². The summed E-state index contributed by atoms with van der Waals surface area (Å²) in [5.74, 6) is -1.28. The number of ether oxygens (including phenoxy) is 1. The molecule has 1 N–H and O–H groups in total. The van der Waals surface area contributed by atoms with Gasteiger partial charge in [-0.3, -0.25) is 14.4 Å². The highest BCUT2D eigenvalue weighted by atomic mass is 35.5. The van der Waals surface area contributed by atoms with Crippen molar-refractivity contribution >= 4 is 34.9 Å². The quantitative estimate of drug-likeness (QED) is 0.372. The van der Waals surface area contributed by atoms with Gasteiger partial charge in [-0.05, 0) is 30.7 Å². The third-order valence-corrected chi connectivity index (χ3v) is 4.95. The number of hydrogen-bond acceptors (Lipinski definition) is 4. The van der Waals surface area contributed by atoms with Gasteiger partial charge in [0.1, 0.15) is 0 Å². The summed E-state index contributed by atoms with van der Waals surface area (Å²) in [5, 5.41) is 3.29. The topological polar surface area (TPSA) is 72.5 Å². The second kappa shape index (κ2) is 10.5. The van der Waals surface area contributed by atoms with Gasteiger partial charge in [-0.25, -0.2) is 0 Å². The van der Waals surface area contributed by atoms with Crippen LogP contribution in [0.25, 0.3) is 0 Å². The Balaban J connectivity index is 1.66. The molecule has 3 rings (SSSR count). The fraction of sp³-hybridized carbons (Fsp3) is 0.160. The van der Waals surface area contributed by atoms with Crippen LogP contribution in [0.2, 0.25) is 5.02 Å². The maximum atomic E-state index is 13.0. The molecule has 0 radical (unpaired) electrons. The first-order valence-corrected chi connectivity index (χ1v) is 10.2. The Hall–Kier alpha value is -3.44. The van der Waals surface area contributed by atoms with E-state index in [0.717, 1.165) is 5.56 Å². The highest BCUT2D eigenvalue weighted by Crippen LogP contribution is 2.25. The number of amides is 1. The number of rotatable bonds is 8. The highest BCUT2D eigenvalue weighted by molar-refractivity contribution is 6.30. The number of para-hydroxylation sites is 1. The molecule has 0 spiro atoms. The van der Waals surface area contributed by atoms with Crippen molar-refractivity contribution in [1.82, 2.24) is 0 Å². The molecule has 0 heterocycles. The summed E-state index contributed by atoms with van der Waals surface area (Å²) in [4.78, 5) is 37.7. The van der Waals surface area contributed by atoms with Crippen LogP contribution < -0.4 is 5.32 Å². The zero-order chi connectivity index (χ0) is 22.2. The van der Waals surface area contributed by atoms with E-state index in [1.54, 1.807) is 60.7 Å². The molecule has 1 atom stereocenters. The van der Waals surface area contributed by atoms with Gasteiger partial charge in [-0.2, -0.15) is 0 Å². The SMILES string of the molecule is Cc1ccccc1NC(=O)CCC(=O)O[C@@H](C(=O)c1ccccc1)c1ccc(Cl)cc1. The maximum Gasteiger partial charge on any atom is 0.307 e. The molecule has 0 aliphatic rings. The second-order valence-electron chi connectivity index (χ2n) is 7.01. The number of benzene rings is 3. The third kappa shape index (κ3) is 6.27. The van der Waals surface area contributed by atoms with E-state index in [9.17, 15) is 14.4 Å². The molecule has 0 saturated heterocycles. The van der Waals surface area contributed by atoms with Crippen LogP contribution in [0, 0.1) is 6.92 Å². The fourth-order valence-corrected chi connectivity index (χ4v) is 3.12. The van der Waals surface area contributed by atoms with Gasteiger partial charge in [0.2, 0.25) is 11.7 Å². The zero-order valence-electron chi connectivity index (χ0n) is 17.0. The Bertz CT molecular complexity index is 1060. The van der Waals surface area contributed by atoms with Crippen LogP contribution in [0.15, 0.2) is 78.9 Å². The summed E-state index contributed by atoms with van der Waals surface area (Å²) in [6.07, 6.45) is -1.32. The van der Waals surface area contributed by atoms with Gasteiger partial charge < -0.3 is 10.1 Å². The van der Waals surface area contributed by atoms with E-state index in [0.29, 0.717) is 21.8 Å². The van der Waals surface area contributed by atoms with Gasteiger partial charge in [0.05, 0.1) is 6.42 Å². The molecule has 0 bridgehead atoms. The summed E-state index contributed by atoms with van der Waals surface area (Å²) >= 11 is 5.94. The summed E-state index contributed by atoms with van der Waals surface area (Å²) < 4.78 is 5.51. The Labute approximate surface area is 186 Å². The highest BCUT2D eigenvalue weighted by Gasteiger charge is 2.26. The van der Waals surface area contributed by atoms with Crippen molar-refractivity contribution in [2.24, 2.45) is 0 Å². The van der Waals surface area contributed by atoms with Crippen molar-refractivity contribution in [1.29, 1.82) is 0 Å². The minimum absolute atomic E-state index is 0.0555. The Morgan fingerprint density at radius 3 is 2.19 bits per heavy atom. The Kier molecular flexibility index (Phi) is 7.57. The first-order valence-electron chi connectivity index (χ1n) is 9.84. The van der Waals surface area contributed by atoms with Gasteiger partial charge in [0.25, 0.3) is 0 Å².